The molecule has 1 fully saturated rings. The maximum absolute atomic E-state index is 13.3. The Balaban J connectivity index is 2.21. The third kappa shape index (κ3) is 2.87. The summed E-state index contributed by atoms with van der Waals surface area (Å²) in [5.74, 6) is -1.16. The fourth-order valence-electron chi connectivity index (χ4n) is 2.39. The Hall–Kier alpha value is -1.62. The zero-order valence-corrected chi connectivity index (χ0v) is 10.9. The van der Waals surface area contributed by atoms with Gasteiger partial charge in [0.15, 0.2) is 0 Å². The van der Waals surface area contributed by atoms with Crippen LogP contribution in [0.3, 0.4) is 0 Å². The number of ether oxygens (including phenoxy) is 1. The third-order valence-corrected chi connectivity index (χ3v) is 3.61. The molecule has 2 rings (SSSR count). The highest BCUT2D eigenvalue weighted by atomic mass is 19.1. The van der Waals surface area contributed by atoms with Gasteiger partial charge in [-0.2, -0.15) is 0 Å². The molecule has 1 saturated heterocycles. The molecule has 1 aromatic rings. The molecule has 1 unspecified atom stereocenters. The lowest BCUT2D eigenvalue weighted by molar-refractivity contribution is -0.148. The molecule has 1 heterocycles. The number of anilines is 1. The first kappa shape index (κ1) is 13.8. The van der Waals surface area contributed by atoms with Crippen molar-refractivity contribution in [3.05, 3.63) is 30.1 Å². The monoisotopic (exact) mass is 267 g/mol. The molecule has 1 aliphatic rings. The Kier molecular flexibility index (Phi) is 4.04. The molecule has 1 atom stereocenters. The summed E-state index contributed by atoms with van der Waals surface area (Å²) < 4.78 is 18.5. The smallest absolute Gasteiger partial charge is 0.313 e. The minimum atomic E-state index is -0.887. The number of carboxylic acids is 1. The van der Waals surface area contributed by atoms with Gasteiger partial charge in [0.2, 0.25) is 0 Å². The van der Waals surface area contributed by atoms with Gasteiger partial charge in [-0.15, -0.1) is 0 Å². The first-order valence-corrected chi connectivity index (χ1v) is 6.39. The first-order chi connectivity index (χ1) is 9.07. The van der Waals surface area contributed by atoms with Crippen LogP contribution < -0.4 is 4.90 Å². The van der Waals surface area contributed by atoms with Crippen LogP contribution in [-0.2, 0) is 9.53 Å². The van der Waals surface area contributed by atoms with Gasteiger partial charge in [0, 0.05) is 25.4 Å². The minimum absolute atomic E-state index is 0.216. The summed E-state index contributed by atoms with van der Waals surface area (Å²) in [6.07, 6.45) is 0.494. The quantitative estimate of drug-likeness (QED) is 0.888. The SMILES string of the molecule is CCN(CC1(C(=O)O)CCOC1)c1cccc(F)c1. The number of nitrogens with zero attached hydrogens (tertiary/aromatic N) is 1. The molecule has 0 bridgehead atoms. The highest BCUT2D eigenvalue weighted by molar-refractivity contribution is 5.76. The second-order valence-corrected chi connectivity index (χ2v) is 4.88. The van der Waals surface area contributed by atoms with Crippen LogP contribution in [0.5, 0.6) is 0 Å². The predicted molar refractivity (Wildman–Crippen MR) is 69.8 cm³/mol. The van der Waals surface area contributed by atoms with Crippen molar-refractivity contribution in [3.8, 4) is 0 Å². The highest BCUT2D eigenvalue weighted by Gasteiger charge is 2.43. The molecule has 19 heavy (non-hydrogen) atoms. The fourth-order valence-corrected chi connectivity index (χ4v) is 2.39. The number of carbonyl (C=O) groups is 1. The lowest BCUT2D eigenvalue weighted by Crippen LogP contribution is -2.44. The van der Waals surface area contributed by atoms with Gasteiger partial charge < -0.3 is 14.7 Å². The highest BCUT2D eigenvalue weighted by Crippen LogP contribution is 2.32. The van der Waals surface area contributed by atoms with Gasteiger partial charge in [0.05, 0.1) is 6.61 Å². The zero-order chi connectivity index (χ0) is 13.9. The van der Waals surface area contributed by atoms with Crippen LogP contribution >= 0.6 is 0 Å². The van der Waals surface area contributed by atoms with Gasteiger partial charge in [-0.05, 0) is 31.5 Å². The molecule has 1 N–H and O–H groups in total. The molecule has 0 aromatic heterocycles. The zero-order valence-electron chi connectivity index (χ0n) is 10.9. The van der Waals surface area contributed by atoms with E-state index >= 15 is 0 Å². The summed E-state index contributed by atoms with van der Waals surface area (Å²) in [6.45, 7) is 3.57. The number of rotatable bonds is 5. The number of hydrogen-bond acceptors (Lipinski definition) is 3. The summed E-state index contributed by atoms with van der Waals surface area (Å²) in [5, 5.41) is 9.43. The van der Waals surface area contributed by atoms with E-state index in [4.69, 9.17) is 4.74 Å². The molecule has 0 aliphatic carbocycles. The number of benzene rings is 1. The van der Waals surface area contributed by atoms with Crippen LogP contribution in [0.15, 0.2) is 24.3 Å². The van der Waals surface area contributed by atoms with E-state index in [1.807, 2.05) is 11.8 Å². The number of hydrogen-bond donors (Lipinski definition) is 1. The predicted octanol–water partition coefficient (Wildman–Crippen LogP) is 2.14. The number of aliphatic carboxylic acids is 1. The van der Waals surface area contributed by atoms with E-state index < -0.39 is 11.4 Å². The normalized spacial score (nSPS) is 22.4. The summed E-state index contributed by atoms with van der Waals surface area (Å²) in [6, 6.07) is 6.22. The second kappa shape index (κ2) is 5.57. The molecule has 0 spiro atoms. The van der Waals surface area contributed by atoms with Gasteiger partial charge >= 0.3 is 5.97 Å². The van der Waals surface area contributed by atoms with Crippen LogP contribution in [0, 0.1) is 11.2 Å². The van der Waals surface area contributed by atoms with Crippen molar-refractivity contribution in [2.24, 2.45) is 5.41 Å². The topological polar surface area (TPSA) is 49.8 Å². The van der Waals surface area contributed by atoms with Gasteiger partial charge in [0.25, 0.3) is 0 Å². The molecule has 4 nitrogen and oxygen atoms in total. The largest absolute Gasteiger partial charge is 0.481 e. The van der Waals surface area contributed by atoms with E-state index in [1.165, 1.54) is 12.1 Å². The van der Waals surface area contributed by atoms with Crippen LogP contribution in [-0.4, -0.2) is 37.4 Å². The van der Waals surface area contributed by atoms with Crippen molar-refractivity contribution in [3.63, 3.8) is 0 Å². The van der Waals surface area contributed by atoms with Crippen LogP contribution in [0.1, 0.15) is 13.3 Å². The van der Waals surface area contributed by atoms with Crippen molar-refractivity contribution in [1.29, 1.82) is 0 Å². The second-order valence-electron chi connectivity index (χ2n) is 4.88. The molecule has 104 valence electrons. The van der Waals surface area contributed by atoms with Crippen molar-refractivity contribution in [2.45, 2.75) is 13.3 Å². The van der Waals surface area contributed by atoms with Gasteiger partial charge in [-0.1, -0.05) is 6.07 Å². The maximum atomic E-state index is 13.3. The van der Waals surface area contributed by atoms with E-state index in [0.717, 1.165) is 0 Å². The fraction of sp³-hybridized carbons (Fsp3) is 0.500. The number of halogens is 1. The van der Waals surface area contributed by atoms with Crippen molar-refractivity contribution in [2.75, 3.05) is 31.2 Å². The summed E-state index contributed by atoms with van der Waals surface area (Å²) in [5.41, 5.74) is -0.183. The average molecular weight is 267 g/mol. The van der Waals surface area contributed by atoms with Gasteiger partial charge in [0.1, 0.15) is 11.2 Å². The van der Waals surface area contributed by atoms with Crippen molar-refractivity contribution in [1.82, 2.24) is 0 Å². The Labute approximate surface area is 111 Å². The molecule has 0 amide bonds. The van der Waals surface area contributed by atoms with Crippen LogP contribution in [0.2, 0.25) is 0 Å². The number of carboxylic acid groups (broad SMARTS) is 1. The maximum Gasteiger partial charge on any atom is 0.313 e. The first-order valence-electron chi connectivity index (χ1n) is 6.39. The molecular weight excluding hydrogens is 249 g/mol. The Bertz CT molecular complexity index is 458. The summed E-state index contributed by atoms with van der Waals surface area (Å²) in [7, 11) is 0. The van der Waals surface area contributed by atoms with E-state index in [-0.39, 0.29) is 12.4 Å². The lowest BCUT2D eigenvalue weighted by Gasteiger charge is -2.32. The molecule has 0 saturated carbocycles. The molecule has 5 heteroatoms. The van der Waals surface area contributed by atoms with Crippen molar-refractivity contribution < 1.29 is 19.0 Å². The summed E-state index contributed by atoms with van der Waals surface area (Å²) >= 11 is 0. The molecular formula is C14H18FNO3. The Morgan fingerprint density at radius 2 is 2.37 bits per heavy atom. The summed E-state index contributed by atoms with van der Waals surface area (Å²) in [4.78, 5) is 13.4. The Morgan fingerprint density at radius 1 is 1.58 bits per heavy atom. The van der Waals surface area contributed by atoms with Gasteiger partial charge in [-0.3, -0.25) is 4.79 Å². The van der Waals surface area contributed by atoms with Gasteiger partial charge in [-0.25, -0.2) is 4.39 Å². The van der Waals surface area contributed by atoms with Crippen molar-refractivity contribution >= 4 is 11.7 Å². The molecule has 0 radical (unpaired) electrons. The van der Waals surface area contributed by atoms with E-state index in [9.17, 15) is 14.3 Å². The molecule has 1 aliphatic heterocycles. The Morgan fingerprint density at radius 3 is 2.89 bits per heavy atom. The van der Waals surface area contributed by atoms with E-state index in [1.54, 1.807) is 12.1 Å². The van der Waals surface area contributed by atoms with E-state index in [2.05, 4.69) is 0 Å². The average Bonchev–Trinajstić information content (AvgIpc) is 2.86. The minimum Gasteiger partial charge on any atom is -0.481 e. The standard InChI is InChI=1S/C14H18FNO3/c1-2-16(12-5-3-4-11(15)8-12)9-14(13(17)18)6-7-19-10-14/h3-5,8H,2,6-7,9-10H2,1H3,(H,17,18). The third-order valence-electron chi connectivity index (χ3n) is 3.61. The lowest BCUT2D eigenvalue weighted by atomic mass is 9.86. The molecule has 1 aromatic carbocycles. The van der Waals surface area contributed by atoms with Crippen LogP contribution in [0.4, 0.5) is 10.1 Å². The van der Waals surface area contributed by atoms with E-state index in [0.29, 0.717) is 31.8 Å². The van der Waals surface area contributed by atoms with Crippen LogP contribution in [0.25, 0.3) is 0 Å².